The number of esters is 1. The van der Waals surface area contributed by atoms with Crippen molar-refractivity contribution in [2.24, 2.45) is 0 Å². The number of nitrogens with two attached hydrogens (primary N) is 1. The van der Waals surface area contributed by atoms with E-state index in [4.69, 9.17) is 10.5 Å². The van der Waals surface area contributed by atoms with Gasteiger partial charge in [-0.3, -0.25) is 0 Å². The standard InChI is InChI=1S/C10H7BrN2O3/c11-6-2-1-3-7(4-6)15-10(14)8-5-9(12)13-16-8/h1-5H,(H2,12,13). The fourth-order valence-corrected chi connectivity index (χ4v) is 1.45. The van der Waals surface area contributed by atoms with E-state index in [0.29, 0.717) is 5.75 Å². The lowest BCUT2D eigenvalue weighted by molar-refractivity contribution is 0.0691. The molecule has 0 spiro atoms. The number of ether oxygens (including phenoxy) is 1. The van der Waals surface area contributed by atoms with E-state index < -0.39 is 5.97 Å². The number of anilines is 1. The largest absolute Gasteiger partial charge is 0.421 e. The van der Waals surface area contributed by atoms with Crippen LogP contribution in [0.25, 0.3) is 0 Å². The van der Waals surface area contributed by atoms with Gasteiger partial charge in [0.05, 0.1) is 0 Å². The van der Waals surface area contributed by atoms with E-state index in [1.165, 1.54) is 6.07 Å². The first kappa shape index (κ1) is 10.7. The molecule has 2 aromatic rings. The summed E-state index contributed by atoms with van der Waals surface area (Å²) in [6, 6.07) is 8.20. The molecule has 2 rings (SSSR count). The Kier molecular flexibility index (Phi) is 2.91. The fourth-order valence-electron chi connectivity index (χ4n) is 1.07. The number of nitrogen functional groups attached to an aromatic ring is 1. The smallest absolute Gasteiger partial charge is 0.382 e. The van der Waals surface area contributed by atoms with Gasteiger partial charge < -0.3 is 15.0 Å². The van der Waals surface area contributed by atoms with Crippen molar-refractivity contribution in [3.63, 3.8) is 0 Å². The first-order valence-corrected chi connectivity index (χ1v) is 5.14. The van der Waals surface area contributed by atoms with Crippen LogP contribution < -0.4 is 10.5 Å². The third-order valence-electron chi connectivity index (χ3n) is 1.74. The summed E-state index contributed by atoms with van der Waals surface area (Å²) in [6.45, 7) is 0. The Labute approximate surface area is 99.3 Å². The number of halogens is 1. The molecule has 2 N–H and O–H groups in total. The highest BCUT2D eigenvalue weighted by Gasteiger charge is 2.14. The van der Waals surface area contributed by atoms with E-state index in [1.54, 1.807) is 18.2 Å². The molecule has 0 aliphatic heterocycles. The fraction of sp³-hybridized carbons (Fsp3) is 0. The number of carbonyl (C=O) groups is 1. The van der Waals surface area contributed by atoms with Crippen LogP contribution in [-0.4, -0.2) is 11.1 Å². The van der Waals surface area contributed by atoms with Gasteiger partial charge >= 0.3 is 5.97 Å². The lowest BCUT2D eigenvalue weighted by atomic mass is 10.3. The molecule has 1 aromatic heterocycles. The molecule has 1 heterocycles. The van der Waals surface area contributed by atoms with Crippen molar-refractivity contribution < 1.29 is 14.1 Å². The van der Waals surface area contributed by atoms with Crippen molar-refractivity contribution in [3.8, 4) is 5.75 Å². The van der Waals surface area contributed by atoms with Gasteiger partial charge in [-0.25, -0.2) is 4.79 Å². The number of hydrogen-bond donors (Lipinski definition) is 1. The van der Waals surface area contributed by atoms with Crippen molar-refractivity contribution in [2.45, 2.75) is 0 Å². The molecule has 6 heteroatoms. The molecule has 0 amide bonds. The minimum Gasteiger partial charge on any atom is -0.421 e. The van der Waals surface area contributed by atoms with Gasteiger partial charge in [-0.05, 0) is 18.2 Å². The van der Waals surface area contributed by atoms with Crippen molar-refractivity contribution in [3.05, 3.63) is 40.6 Å². The lowest BCUT2D eigenvalue weighted by Gasteiger charge is -2.01. The second-order valence-corrected chi connectivity index (χ2v) is 3.88. The first-order valence-electron chi connectivity index (χ1n) is 4.35. The van der Waals surface area contributed by atoms with Gasteiger partial charge in [0.25, 0.3) is 0 Å². The predicted molar refractivity (Wildman–Crippen MR) is 60.0 cm³/mol. The molecule has 0 aliphatic carbocycles. The van der Waals surface area contributed by atoms with E-state index in [1.807, 2.05) is 6.07 Å². The van der Waals surface area contributed by atoms with Crippen LogP contribution >= 0.6 is 15.9 Å². The van der Waals surface area contributed by atoms with Crippen LogP contribution in [0.1, 0.15) is 10.6 Å². The number of carbonyl (C=O) groups excluding carboxylic acids is 1. The van der Waals surface area contributed by atoms with Crippen LogP contribution in [0.2, 0.25) is 0 Å². The van der Waals surface area contributed by atoms with E-state index in [9.17, 15) is 4.79 Å². The van der Waals surface area contributed by atoms with Gasteiger partial charge in [-0.1, -0.05) is 27.2 Å². The van der Waals surface area contributed by atoms with E-state index >= 15 is 0 Å². The molecule has 16 heavy (non-hydrogen) atoms. The Balaban J connectivity index is 2.13. The minimum absolute atomic E-state index is 0.0301. The van der Waals surface area contributed by atoms with Crippen molar-refractivity contribution in [1.82, 2.24) is 5.16 Å². The van der Waals surface area contributed by atoms with Gasteiger partial charge in [0.15, 0.2) is 5.82 Å². The number of rotatable bonds is 2. The number of nitrogens with zero attached hydrogens (tertiary/aromatic N) is 1. The minimum atomic E-state index is -0.637. The van der Waals surface area contributed by atoms with Crippen LogP contribution in [-0.2, 0) is 0 Å². The Hall–Kier alpha value is -1.82. The average molecular weight is 283 g/mol. The summed E-state index contributed by atoms with van der Waals surface area (Å²) in [6.07, 6.45) is 0. The molecule has 0 radical (unpaired) electrons. The quantitative estimate of drug-likeness (QED) is 0.675. The van der Waals surface area contributed by atoms with Crippen LogP contribution in [0.15, 0.2) is 39.3 Å². The molecule has 5 nitrogen and oxygen atoms in total. The molecule has 0 atom stereocenters. The monoisotopic (exact) mass is 282 g/mol. The molecule has 0 unspecified atom stereocenters. The van der Waals surface area contributed by atoms with E-state index in [0.717, 1.165) is 4.47 Å². The molecular formula is C10H7BrN2O3. The Bertz CT molecular complexity index is 524. The number of benzene rings is 1. The maximum Gasteiger partial charge on any atom is 0.382 e. The van der Waals surface area contributed by atoms with Gasteiger partial charge in [-0.15, -0.1) is 0 Å². The predicted octanol–water partition coefficient (Wildman–Crippen LogP) is 2.24. The molecule has 0 fully saturated rings. The van der Waals surface area contributed by atoms with Gasteiger partial charge in [0, 0.05) is 10.5 Å². The maximum atomic E-state index is 11.5. The highest BCUT2D eigenvalue weighted by molar-refractivity contribution is 9.10. The summed E-state index contributed by atoms with van der Waals surface area (Å²) in [5.41, 5.74) is 5.31. The highest BCUT2D eigenvalue weighted by atomic mass is 79.9. The topological polar surface area (TPSA) is 78.4 Å². The average Bonchev–Trinajstić information content (AvgIpc) is 2.65. The zero-order valence-corrected chi connectivity index (χ0v) is 9.60. The second-order valence-electron chi connectivity index (χ2n) is 2.96. The van der Waals surface area contributed by atoms with Crippen molar-refractivity contribution in [2.75, 3.05) is 5.73 Å². The van der Waals surface area contributed by atoms with Crippen molar-refractivity contribution >= 4 is 27.7 Å². The molecule has 0 bridgehead atoms. The molecule has 1 aromatic carbocycles. The first-order chi connectivity index (χ1) is 7.65. The molecule has 82 valence electrons. The SMILES string of the molecule is Nc1cc(C(=O)Oc2cccc(Br)c2)on1. The summed E-state index contributed by atoms with van der Waals surface area (Å²) in [5, 5.41) is 3.39. The highest BCUT2D eigenvalue weighted by Crippen LogP contribution is 2.19. The molecule has 0 saturated carbocycles. The zero-order valence-electron chi connectivity index (χ0n) is 8.01. The van der Waals surface area contributed by atoms with Crippen LogP contribution in [0.5, 0.6) is 5.75 Å². The van der Waals surface area contributed by atoms with Crippen LogP contribution in [0.3, 0.4) is 0 Å². The Morgan fingerprint density at radius 1 is 1.44 bits per heavy atom. The third kappa shape index (κ3) is 2.40. The Morgan fingerprint density at radius 3 is 2.88 bits per heavy atom. The molecular weight excluding hydrogens is 276 g/mol. The lowest BCUT2D eigenvalue weighted by Crippen LogP contribution is -2.07. The van der Waals surface area contributed by atoms with E-state index in [2.05, 4.69) is 25.6 Å². The van der Waals surface area contributed by atoms with Crippen molar-refractivity contribution in [1.29, 1.82) is 0 Å². The van der Waals surface area contributed by atoms with Gasteiger partial charge in [0.1, 0.15) is 5.75 Å². The molecule has 0 saturated heterocycles. The van der Waals surface area contributed by atoms with Crippen LogP contribution in [0.4, 0.5) is 5.82 Å². The normalized spacial score (nSPS) is 10.1. The van der Waals surface area contributed by atoms with Gasteiger partial charge in [-0.2, -0.15) is 0 Å². The number of aromatic nitrogens is 1. The number of hydrogen-bond acceptors (Lipinski definition) is 5. The summed E-state index contributed by atoms with van der Waals surface area (Å²) >= 11 is 3.27. The second kappa shape index (κ2) is 4.36. The molecule has 0 aliphatic rings. The maximum absolute atomic E-state index is 11.5. The summed E-state index contributed by atoms with van der Waals surface area (Å²) in [7, 11) is 0. The Morgan fingerprint density at radius 2 is 2.25 bits per heavy atom. The third-order valence-corrected chi connectivity index (χ3v) is 2.23. The zero-order chi connectivity index (χ0) is 11.5. The van der Waals surface area contributed by atoms with Crippen LogP contribution in [0, 0.1) is 0 Å². The summed E-state index contributed by atoms with van der Waals surface area (Å²) in [4.78, 5) is 11.5. The van der Waals surface area contributed by atoms with Gasteiger partial charge in [0.2, 0.25) is 5.76 Å². The van der Waals surface area contributed by atoms with E-state index in [-0.39, 0.29) is 11.6 Å². The summed E-state index contributed by atoms with van der Waals surface area (Å²) in [5.74, 6) is -0.115. The summed E-state index contributed by atoms with van der Waals surface area (Å²) < 4.78 is 10.5.